The Kier molecular flexibility index (Phi) is 8.92. The van der Waals surface area contributed by atoms with Gasteiger partial charge >= 0.3 is 0 Å². The second kappa shape index (κ2) is 12.4. The molecule has 2 aromatic heterocycles. The van der Waals surface area contributed by atoms with Crippen molar-refractivity contribution in [3.05, 3.63) is 76.2 Å². The lowest BCUT2D eigenvalue weighted by molar-refractivity contribution is 0.254. The Morgan fingerprint density at radius 2 is 1.71 bits per heavy atom. The fraction of sp³-hybridized carbons (Fsp3) is 0.345. The minimum Gasteiger partial charge on any atom is -0.350 e. The summed E-state index contributed by atoms with van der Waals surface area (Å²) in [7, 11) is -7.82. The lowest BCUT2D eigenvalue weighted by atomic mass is 10.0. The number of sulfone groups is 1. The Labute approximate surface area is 257 Å². The molecule has 1 aliphatic heterocycles. The molecule has 11 nitrogen and oxygen atoms in total. The van der Waals surface area contributed by atoms with E-state index in [0.717, 1.165) is 18.4 Å². The standard InChI is InChI=1S/C29H31F3N6O5S2/c1-16(2)38-27-19(12-34-29(36-27)35-21-11-20(30)13-33-14-21)8-23(28(38)39)18-9-24(31)26(25(32)10-18)37-45(42,43)15-17-4-6-22(7-5-17)44(3,40)41/h4-10,12,16,20-21,33,37H,11,13-15H2,1-3H3,(H,34,35,36)/t20-,21-/m0/s1. The zero-order valence-electron chi connectivity index (χ0n) is 24.5. The van der Waals surface area contributed by atoms with Crippen LogP contribution in [0.5, 0.6) is 0 Å². The van der Waals surface area contributed by atoms with Crippen LogP contribution in [-0.2, 0) is 25.6 Å². The Hall–Kier alpha value is -4.02. The molecule has 0 unspecified atom stereocenters. The van der Waals surface area contributed by atoms with Crippen LogP contribution in [0, 0.1) is 11.6 Å². The average Bonchev–Trinajstić information content (AvgIpc) is 2.94. The molecule has 0 saturated carbocycles. The third kappa shape index (κ3) is 7.28. The lowest BCUT2D eigenvalue weighted by Crippen LogP contribution is -2.44. The molecular weight excluding hydrogens is 633 g/mol. The number of rotatable bonds is 9. The fourth-order valence-corrected chi connectivity index (χ4v) is 6.97. The van der Waals surface area contributed by atoms with Gasteiger partial charge in [-0.25, -0.2) is 35.0 Å². The molecular formula is C29H31F3N6O5S2. The van der Waals surface area contributed by atoms with E-state index in [1.54, 1.807) is 13.8 Å². The van der Waals surface area contributed by atoms with Gasteiger partial charge in [-0.2, -0.15) is 4.98 Å². The van der Waals surface area contributed by atoms with Gasteiger partial charge in [0.1, 0.15) is 17.5 Å². The van der Waals surface area contributed by atoms with Gasteiger partial charge in [-0.15, -0.1) is 0 Å². The first kappa shape index (κ1) is 32.4. The molecule has 1 fully saturated rings. The molecule has 4 aromatic rings. The summed E-state index contributed by atoms with van der Waals surface area (Å²) in [6.45, 7) is 4.27. The summed E-state index contributed by atoms with van der Waals surface area (Å²) in [4.78, 5) is 22.4. The Bertz CT molecular complexity index is 2020. The average molecular weight is 665 g/mol. The summed E-state index contributed by atoms with van der Waals surface area (Å²) in [6.07, 6.45) is 1.71. The summed E-state index contributed by atoms with van der Waals surface area (Å²) < 4.78 is 96.4. The summed E-state index contributed by atoms with van der Waals surface area (Å²) in [5.41, 5.74) is -1.24. The van der Waals surface area contributed by atoms with E-state index in [0.29, 0.717) is 11.9 Å². The van der Waals surface area contributed by atoms with Crippen LogP contribution in [0.2, 0.25) is 0 Å². The number of fused-ring (bicyclic) bond motifs is 1. The van der Waals surface area contributed by atoms with E-state index in [9.17, 15) is 26.0 Å². The van der Waals surface area contributed by atoms with Crippen LogP contribution in [0.1, 0.15) is 31.9 Å². The van der Waals surface area contributed by atoms with Crippen molar-refractivity contribution in [2.75, 3.05) is 29.4 Å². The largest absolute Gasteiger partial charge is 0.350 e. The number of nitrogens with zero attached hydrogens (tertiary/aromatic N) is 3. The van der Waals surface area contributed by atoms with Crippen molar-refractivity contribution in [3.63, 3.8) is 0 Å². The Balaban J connectivity index is 1.44. The van der Waals surface area contributed by atoms with Gasteiger partial charge in [0.2, 0.25) is 16.0 Å². The highest BCUT2D eigenvalue weighted by atomic mass is 32.2. The number of sulfonamides is 1. The molecule has 240 valence electrons. The number of benzene rings is 2. The lowest BCUT2D eigenvalue weighted by Gasteiger charge is -2.26. The number of nitrogens with one attached hydrogen (secondary N) is 3. The van der Waals surface area contributed by atoms with Crippen LogP contribution < -0.4 is 20.9 Å². The number of anilines is 2. The maximum atomic E-state index is 15.3. The predicted molar refractivity (Wildman–Crippen MR) is 165 cm³/mol. The van der Waals surface area contributed by atoms with E-state index in [-0.39, 0.29) is 52.2 Å². The molecule has 0 amide bonds. The van der Waals surface area contributed by atoms with Crippen LogP contribution in [0.25, 0.3) is 22.2 Å². The molecule has 1 aliphatic rings. The van der Waals surface area contributed by atoms with Crippen molar-refractivity contribution >= 4 is 42.5 Å². The predicted octanol–water partition coefficient (Wildman–Crippen LogP) is 3.77. The molecule has 2 aromatic carbocycles. The van der Waals surface area contributed by atoms with Crippen LogP contribution in [0.15, 0.2) is 58.4 Å². The molecule has 3 heterocycles. The molecule has 0 bridgehead atoms. The molecule has 5 rings (SSSR count). The van der Waals surface area contributed by atoms with Crippen LogP contribution >= 0.6 is 0 Å². The van der Waals surface area contributed by atoms with Gasteiger partial charge in [0, 0.05) is 55.0 Å². The number of hydrogen-bond acceptors (Lipinski definition) is 9. The normalized spacial score (nSPS) is 17.5. The Morgan fingerprint density at radius 1 is 1.04 bits per heavy atom. The zero-order chi connectivity index (χ0) is 32.7. The van der Waals surface area contributed by atoms with Crippen molar-refractivity contribution < 1.29 is 30.0 Å². The minimum atomic E-state index is -4.32. The van der Waals surface area contributed by atoms with E-state index in [1.165, 1.54) is 41.1 Å². The number of piperidine rings is 1. The van der Waals surface area contributed by atoms with Crippen molar-refractivity contribution in [1.29, 1.82) is 0 Å². The summed E-state index contributed by atoms with van der Waals surface area (Å²) in [5, 5.41) is 6.47. The van der Waals surface area contributed by atoms with Crippen LogP contribution in [0.4, 0.5) is 24.8 Å². The van der Waals surface area contributed by atoms with Crippen LogP contribution in [0.3, 0.4) is 0 Å². The minimum absolute atomic E-state index is 0.00792. The monoisotopic (exact) mass is 664 g/mol. The maximum Gasteiger partial charge on any atom is 0.260 e. The van der Waals surface area contributed by atoms with Gasteiger partial charge in [0.15, 0.2) is 21.5 Å². The first-order valence-corrected chi connectivity index (χ1v) is 17.5. The Morgan fingerprint density at radius 3 is 2.31 bits per heavy atom. The van der Waals surface area contributed by atoms with Crippen molar-refractivity contribution in [3.8, 4) is 11.1 Å². The van der Waals surface area contributed by atoms with Gasteiger partial charge in [-0.05, 0) is 55.3 Å². The first-order valence-electron chi connectivity index (χ1n) is 13.9. The van der Waals surface area contributed by atoms with Crippen molar-refractivity contribution in [2.24, 2.45) is 0 Å². The quantitative estimate of drug-likeness (QED) is 0.243. The van der Waals surface area contributed by atoms with E-state index in [2.05, 4.69) is 20.6 Å². The van der Waals surface area contributed by atoms with Crippen molar-refractivity contribution in [1.82, 2.24) is 19.9 Å². The molecule has 1 saturated heterocycles. The highest BCUT2D eigenvalue weighted by molar-refractivity contribution is 7.92. The smallest absolute Gasteiger partial charge is 0.260 e. The van der Waals surface area contributed by atoms with Gasteiger partial charge in [-0.1, -0.05) is 12.1 Å². The van der Waals surface area contributed by atoms with Crippen LogP contribution in [-0.4, -0.2) is 62.9 Å². The van der Waals surface area contributed by atoms with E-state index >= 15 is 8.78 Å². The second-order valence-corrected chi connectivity index (χ2v) is 15.0. The fourth-order valence-electron chi connectivity index (χ4n) is 5.13. The third-order valence-electron chi connectivity index (χ3n) is 7.24. The molecule has 2 atom stereocenters. The van der Waals surface area contributed by atoms with Crippen molar-refractivity contribution in [2.45, 2.75) is 49.2 Å². The number of alkyl halides is 1. The summed E-state index contributed by atoms with van der Waals surface area (Å²) in [5.74, 6) is -2.98. The SMILES string of the molecule is CC(C)n1c(=O)c(-c2cc(F)c(NS(=O)(=O)Cc3ccc(S(C)(=O)=O)cc3)c(F)c2)cc2cnc(N[C@@H]3CNC[C@@H](F)C3)nc21. The third-order valence-corrected chi connectivity index (χ3v) is 9.60. The van der Waals surface area contributed by atoms with E-state index in [4.69, 9.17) is 0 Å². The van der Waals surface area contributed by atoms with Gasteiger partial charge in [-0.3, -0.25) is 14.1 Å². The molecule has 16 heteroatoms. The molecule has 45 heavy (non-hydrogen) atoms. The molecule has 3 N–H and O–H groups in total. The van der Waals surface area contributed by atoms with Gasteiger partial charge in [0.05, 0.1) is 10.6 Å². The maximum absolute atomic E-state index is 15.3. The number of hydrogen-bond donors (Lipinski definition) is 3. The topological polar surface area (TPSA) is 152 Å². The molecule has 0 radical (unpaired) electrons. The highest BCUT2D eigenvalue weighted by Gasteiger charge is 2.24. The zero-order valence-corrected chi connectivity index (χ0v) is 26.1. The number of aromatic nitrogens is 3. The summed E-state index contributed by atoms with van der Waals surface area (Å²) >= 11 is 0. The van der Waals surface area contributed by atoms with E-state index < -0.39 is 60.7 Å². The molecule has 0 spiro atoms. The molecule has 0 aliphatic carbocycles. The number of halogens is 3. The second-order valence-electron chi connectivity index (χ2n) is 11.2. The van der Waals surface area contributed by atoms with Gasteiger partial charge < -0.3 is 10.6 Å². The van der Waals surface area contributed by atoms with Gasteiger partial charge in [0.25, 0.3) is 5.56 Å². The number of pyridine rings is 1. The highest BCUT2D eigenvalue weighted by Crippen LogP contribution is 2.29. The first-order chi connectivity index (χ1) is 21.1. The van der Waals surface area contributed by atoms with E-state index in [1.807, 2.05) is 4.72 Å². The summed E-state index contributed by atoms with van der Waals surface area (Å²) in [6, 6.07) is 7.50.